The molecule has 11 heavy (non-hydrogen) atoms. The Kier molecular flexibility index (Phi) is 3.16. The van der Waals surface area contributed by atoms with Gasteiger partial charge >= 0.3 is 0 Å². The van der Waals surface area contributed by atoms with Gasteiger partial charge in [-0.15, -0.1) is 11.8 Å². The maximum atomic E-state index is 9.97. The zero-order valence-corrected chi connectivity index (χ0v) is 7.17. The SMILES string of the molecule is Cn1cc(SCCC=O)cn1. The van der Waals surface area contributed by atoms with E-state index in [-0.39, 0.29) is 0 Å². The average Bonchev–Trinajstić information content (AvgIpc) is 2.37. The Morgan fingerprint density at radius 2 is 2.64 bits per heavy atom. The predicted molar refractivity (Wildman–Crippen MR) is 44.6 cm³/mol. The van der Waals surface area contributed by atoms with Crippen molar-refractivity contribution < 1.29 is 4.79 Å². The highest BCUT2D eigenvalue weighted by molar-refractivity contribution is 7.99. The first-order valence-corrected chi connectivity index (χ1v) is 4.36. The molecular weight excluding hydrogens is 160 g/mol. The van der Waals surface area contributed by atoms with Crippen LogP contribution in [0.15, 0.2) is 17.3 Å². The lowest BCUT2D eigenvalue weighted by atomic mass is 10.6. The van der Waals surface area contributed by atoms with Crippen molar-refractivity contribution in [3.05, 3.63) is 12.4 Å². The van der Waals surface area contributed by atoms with Crippen LogP contribution in [0.2, 0.25) is 0 Å². The molecule has 0 aromatic carbocycles. The number of nitrogens with zero attached hydrogens (tertiary/aromatic N) is 2. The Balaban J connectivity index is 2.32. The molecule has 0 amide bonds. The molecule has 0 N–H and O–H groups in total. The molecule has 4 heteroatoms. The molecule has 0 bridgehead atoms. The summed E-state index contributed by atoms with van der Waals surface area (Å²) in [7, 11) is 1.88. The monoisotopic (exact) mass is 170 g/mol. The van der Waals surface area contributed by atoms with Crippen LogP contribution in [0.5, 0.6) is 0 Å². The van der Waals surface area contributed by atoms with Crippen LogP contribution in [-0.2, 0) is 11.8 Å². The van der Waals surface area contributed by atoms with Gasteiger partial charge in [0, 0.05) is 30.3 Å². The van der Waals surface area contributed by atoms with Gasteiger partial charge in [-0.2, -0.15) is 5.10 Å². The maximum Gasteiger partial charge on any atom is 0.120 e. The first-order valence-electron chi connectivity index (χ1n) is 3.38. The molecular formula is C7H10N2OS. The zero-order chi connectivity index (χ0) is 8.10. The summed E-state index contributed by atoms with van der Waals surface area (Å²) in [6, 6.07) is 0. The number of rotatable bonds is 4. The highest BCUT2D eigenvalue weighted by Crippen LogP contribution is 2.16. The summed E-state index contributed by atoms with van der Waals surface area (Å²) in [5, 5.41) is 4.00. The zero-order valence-electron chi connectivity index (χ0n) is 6.36. The van der Waals surface area contributed by atoms with Gasteiger partial charge in [0.15, 0.2) is 0 Å². The molecule has 1 aromatic heterocycles. The molecule has 0 aliphatic heterocycles. The van der Waals surface area contributed by atoms with Crippen molar-refractivity contribution in [1.29, 1.82) is 0 Å². The largest absolute Gasteiger partial charge is 0.303 e. The van der Waals surface area contributed by atoms with E-state index in [4.69, 9.17) is 0 Å². The van der Waals surface area contributed by atoms with E-state index in [0.717, 1.165) is 16.9 Å². The van der Waals surface area contributed by atoms with E-state index >= 15 is 0 Å². The van der Waals surface area contributed by atoms with E-state index in [0.29, 0.717) is 6.42 Å². The number of carbonyl (C=O) groups excluding carboxylic acids is 1. The second-order valence-corrected chi connectivity index (χ2v) is 3.32. The van der Waals surface area contributed by atoms with Gasteiger partial charge in [0.25, 0.3) is 0 Å². The van der Waals surface area contributed by atoms with E-state index in [2.05, 4.69) is 5.10 Å². The first kappa shape index (κ1) is 8.33. The molecule has 1 rings (SSSR count). The molecule has 0 aliphatic rings. The topological polar surface area (TPSA) is 34.9 Å². The number of thioether (sulfide) groups is 1. The molecule has 1 heterocycles. The van der Waals surface area contributed by atoms with Gasteiger partial charge in [-0.3, -0.25) is 4.68 Å². The maximum absolute atomic E-state index is 9.97. The van der Waals surface area contributed by atoms with Crippen LogP contribution in [0, 0.1) is 0 Å². The third-order valence-electron chi connectivity index (χ3n) is 1.19. The Morgan fingerprint density at radius 3 is 3.18 bits per heavy atom. The van der Waals surface area contributed by atoms with Gasteiger partial charge < -0.3 is 4.79 Å². The molecule has 0 aliphatic carbocycles. The van der Waals surface area contributed by atoms with Crippen LogP contribution in [0.25, 0.3) is 0 Å². The number of hydrogen-bond acceptors (Lipinski definition) is 3. The summed E-state index contributed by atoms with van der Waals surface area (Å²) in [6.45, 7) is 0. The first-order chi connectivity index (χ1) is 5.33. The van der Waals surface area contributed by atoms with Crippen LogP contribution in [0.4, 0.5) is 0 Å². The highest BCUT2D eigenvalue weighted by Gasteiger charge is 1.94. The van der Waals surface area contributed by atoms with E-state index in [9.17, 15) is 4.79 Å². The number of carbonyl (C=O) groups is 1. The van der Waals surface area contributed by atoms with Crippen molar-refractivity contribution in [2.24, 2.45) is 7.05 Å². The lowest BCUT2D eigenvalue weighted by Gasteiger charge is -1.90. The lowest BCUT2D eigenvalue weighted by Crippen LogP contribution is -1.84. The molecule has 0 fully saturated rings. The second kappa shape index (κ2) is 4.18. The summed E-state index contributed by atoms with van der Waals surface area (Å²) in [6.07, 6.45) is 5.29. The molecule has 0 saturated carbocycles. The van der Waals surface area contributed by atoms with Crippen molar-refractivity contribution in [2.75, 3.05) is 5.75 Å². The van der Waals surface area contributed by atoms with E-state index in [1.54, 1.807) is 22.6 Å². The number of aryl methyl sites for hydroxylation is 1. The van der Waals surface area contributed by atoms with Gasteiger partial charge in [0.1, 0.15) is 6.29 Å². The van der Waals surface area contributed by atoms with Gasteiger partial charge in [-0.25, -0.2) is 0 Å². The summed E-state index contributed by atoms with van der Waals surface area (Å²) in [5.74, 6) is 0.842. The second-order valence-electron chi connectivity index (χ2n) is 2.15. The quantitative estimate of drug-likeness (QED) is 0.385. The smallest absolute Gasteiger partial charge is 0.120 e. The molecule has 0 saturated heterocycles. The van der Waals surface area contributed by atoms with Crippen LogP contribution >= 0.6 is 11.8 Å². The van der Waals surface area contributed by atoms with Crippen LogP contribution in [-0.4, -0.2) is 21.8 Å². The molecule has 3 nitrogen and oxygen atoms in total. The van der Waals surface area contributed by atoms with Crippen LogP contribution in [0.1, 0.15) is 6.42 Å². The van der Waals surface area contributed by atoms with Crippen molar-refractivity contribution in [3.63, 3.8) is 0 Å². The molecule has 0 spiro atoms. The van der Waals surface area contributed by atoms with E-state index in [1.807, 2.05) is 13.2 Å². The van der Waals surface area contributed by atoms with E-state index in [1.165, 1.54) is 0 Å². The fourth-order valence-electron chi connectivity index (χ4n) is 0.698. The predicted octanol–water partition coefficient (Wildman–Crippen LogP) is 1.10. The van der Waals surface area contributed by atoms with Crippen LogP contribution < -0.4 is 0 Å². The highest BCUT2D eigenvalue weighted by atomic mass is 32.2. The van der Waals surface area contributed by atoms with Gasteiger partial charge in [-0.1, -0.05) is 0 Å². The summed E-state index contributed by atoms with van der Waals surface area (Å²) in [4.78, 5) is 11.1. The Labute approximate surface area is 69.8 Å². The summed E-state index contributed by atoms with van der Waals surface area (Å²) < 4.78 is 1.75. The number of aldehydes is 1. The van der Waals surface area contributed by atoms with Crippen LogP contribution in [0.3, 0.4) is 0 Å². The van der Waals surface area contributed by atoms with Crippen molar-refractivity contribution >= 4 is 18.0 Å². The standard InChI is InChI=1S/C7H10N2OS/c1-9-6-7(5-8-9)11-4-2-3-10/h3,5-6H,2,4H2,1H3. The molecule has 0 atom stereocenters. The molecule has 0 radical (unpaired) electrons. The molecule has 60 valence electrons. The van der Waals surface area contributed by atoms with Gasteiger partial charge in [0.05, 0.1) is 6.20 Å². The minimum Gasteiger partial charge on any atom is -0.303 e. The third-order valence-corrected chi connectivity index (χ3v) is 2.17. The van der Waals surface area contributed by atoms with Crippen molar-refractivity contribution in [1.82, 2.24) is 9.78 Å². The Hall–Kier alpha value is -0.770. The summed E-state index contributed by atoms with van der Waals surface area (Å²) >= 11 is 1.65. The van der Waals surface area contributed by atoms with Gasteiger partial charge in [0.2, 0.25) is 0 Å². The Morgan fingerprint density at radius 1 is 1.82 bits per heavy atom. The molecule has 1 aromatic rings. The molecule has 0 unspecified atom stereocenters. The average molecular weight is 170 g/mol. The number of hydrogen-bond donors (Lipinski definition) is 0. The third kappa shape index (κ3) is 2.76. The van der Waals surface area contributed by atoms with Gasteiger partial charge in [-0.05, 0) is 0 Å². The lowest BCUT2D eigenvalue weighted by molar-refractivity contribution is -0.107. The van der Waals surface area contributed by atoms with Crippen molar-refractivity contribution in [3.8, 4) is 0 Å². The van der Waals surface area contributed by atoms with E-state index < -0.39 is 0 Å². The fourth-order valence-corrected chi connectivity index (χ4v) is 1.50. The Bertz CT molecular complexity index is 234. The normalized spacial score (nSPS) is 9.91. The number of aromatic nitrogens is 2. The minimum atomic E-state index is 0.611. The summed E-state index contributed by atoms with van der Waals surface area (Å²) in [5.41, 5.74) is 0. The fraction of sp³-hybridized carbons (Fsp3) is 0.429. The minimum absolute atomic E-state index is 0.611. The van der Waals surface area contributed by atoms with Crippen molar-refractivity contribution in [2.45, 2.75) is 11.3 Å².